The maximum atomic E-state index is 11.9. The number of morpholine rings is 1. The monoisotopic (exact) mass is 211 g/mol. The fraction of sp³-hybridized carbons (Fsp3) is 0.800. The van der Waals surface area contributed by atoms with Crippen LogP contribution in [0.15, 0.2) is 0 Å². The van der Waals surface area contributed by atoms with Gasteiger partial charge >= 0.3 is 0 Å². The van der Waals surface area contributed by atoms with Gasteiger partial charge in [0.05, 0.1) is 24.8 Å². The molecule has 1 rings (SSSR count). The normalized spacial score (nSPS) is 25.5. The molecule has 1 amide bonds. The molecule has 1 fully saturated rings. The summed E-state index contributed by atoms with van der Waals surface area (Å²) in [6.45, 7) is 4.84. The Morgan fingerprint density at radius 2 is 2.47 bits per heavy atom. The first-order valence-corrected chi connectivity index (χ1v) is 5.10. The topological polar surface area (TPSA) is 79.3 Å². The van der Waals surface area contributed by atoms with Crippen LogP contribution in [-0.4, -0.2) is 42.1 Å². The fourth-order valence-corrected chi connectivity index (χ4v) is 1.42. The standard InChI is InChI=1S/C10H17N3O2/c1-3-10(2,12)9(14)13-4-5-15-8(6-11)7-13/h8H,3-5,7,12H2,1-2H3. The summed E-state index contributed by atoms with van der Waals surface area (Å²) in [7, 11) is 0. The highest BCUT2D eigenvalue weighted by Gasteiger charge is 2.33. The summed E-state index contributed by atoms with van der Waals surface area (Å²) in [4.78, 5) is 13.6. The largest absolute Gasteiger partial charge is 0.360 e. The van der Waals surface area contributed by atoms with Crippen LogP contribution in [0.25, 0.3) is 0 Å². The van der Waals surface area contributed by atoms with Crippen LogP contribution in [0.4, 0.5) is 0 Å². The number of carbonyl (C=O) groups is 1. The molecule has 0 bridgehead atoms. The van der Waals surface area contributed by atoms with Gasteiger partial charge in [-0.3, -0.25) is 4.79 Å². The molecule has 84 valence electrons. The fourth-order valence-electron chi connectivity index (χ4n) is 1.42. The number of hydrogen-bond donors (Lipinski definition) is 1. The Kier molecular flexibility index (Phi) is 3.66. The molecule has 1 heterocycles. The van der Waals surface area contributed by atoms with Crippen molar-refractivity contribution in [3.05, 3.63) is 0 Å². The third kappa shape index (κ3) is 2.67. The third-order valence-electron chi connectivity index (χ3n) is 2.72. The zero-order chi connectivity index (χ0) is 11.5. The first-order valence-electron chi connectivity index (χ1n) is 5.10. The van der Waals surface area contributed by atoms with E-state index in [-0.39, 0.29) is 5.91 Å². The minimum atomic E-state index is -0.836. The molecule has 0 aromatic heterocycles. The average molecular weight is 211 g/mol. The molecule has 1 aliphatic rings. The minimum absolute atomic E-state index is 0.103. The van der Waals surface area contributed by atoms with Gasteiger partial charge in [0.1, 0.15) is 0 Å². The Labute approximate surface area is 89.8 Å². The number of nitrogens with two attached hydrogens (primary N) is 1. The lowest BCUT2D eigenvalue weighted by molar-refractivity contribution is -0.142. The summed E-state index contributed by atoms with van der Waals surface area (Å²) in [5, 5.41) is 8.71. The number of ether oxygens (including phenoxy) is 1. The average Bonchev–Trinajstić information content (AvgIpc) is 2.28. The van der Waals surface area contributed by atoms with Gasteiger partial charge in [0.15, 0.2) is 6.10 Å². The highest BCUT2D eigenvalue weighted by Crippen LogP contribution is 2.13. The van der Waals surface area contributed by atoms with Gasteiger partial charge in [-0.2, -0.15) is 5.26 Å². The summed E-state index contributed by atoms with van der Waals surface area (Å²) in [6.07, 6.45) is 0.0656. The number of hydrogen-bond acceptors (Lipinski definition) is 4. The highest BCUT2D eigenvalue weighted by molar-refractivity contribution is 5.85. The third-order valence-corrected chi connectivity index (χ3v) is 2.72. The molecule has 0 aromatic carbocycles. The number of nitriles is 1. The van der Waals surface area contributed by atoms with Crippen molar-refractivity contribution >= 4 is 5.91 Å². The van der Waals surface area contributed by atoms with E-state index in [9.17, 15) is 4.79 Å². The summed E-state index contributed by atoms with van der Waals surface area (Å²) in [6, 6.07) is 2.00. The Bertz CT molecular complexity index is 283. The predicted octanol–water partition coefficient (Wildman–Crippen LogP) is -0.135. The molecule has 2 atom stereocenters. The van der Waals surface area contributed by atoms with Gasteiger partial charge < -0.3 is 15.4 Å². The molecule has 5 heteroatoms. The van der Waals surface area contributed by atoms with Crippen LogP contribution in [0.3, 0.4) is 0 Å². The van der Waals surface area contributed by atoms with Crippen LogP contribution < -0.4 is 5.73 Å². The van der Waals surface area contributed by atoms with Crippen LogP contribution in [0.2, 0.25) is 0 Å². The minimum Gasteiger partial charge on any atom is -0.360 e. The van der Waals surface area contributed by atoms with E-state index in [4.69, 9.17) is 15.7 Å². The second-order valence-electron chi connectivity index (χ2n) is 4.01. The molecule has 0 radical (unpaired) electrons. The van der Waals surface area contributed by atoms with Gasteiger partial charge in [-0.15, -0.1) is 0 Å². The lowest BCUT2D eigenvalue weighted by atomic mass is 9.98. The van der Waals surface area contributed by atoms with E-state index in [1.807, 2.05) is 13.0 Å². The zero-order valence-corrected chi connectivity index (χ0v) is 9.19. The first kappa shape index (κ1) is 12.0. The number of nitrogens with zero attached hydrogens (tertiary/aromatic N) is 2. The predicted molar refractivity (Wildman–Crippen MR) is 54.8 cm³/mol. The number of carbonyl (C=O) groups excluding carboxylic acids is 1. The lowest BCUT2D eigenvalue weighted by Crippen LogP contribution is -2.56. The smallest absolute Gasteiger partial charge is 0.242 e. The Morgan fingerprint density at radius 1 is 1.80 bits per heavy atom. The van der Waals surface area contributed by atoms with E-state index < -0.39 is 11.6 Å². The van der Waals surface area contributed by atoms with Gasteiger partial charge in [-0.05, 0) is 13.3 Å². The van der Waals surface area contributed by atoms with E-state index in [1.165, 1.54) is 0 Å². The Morgan fingerprint density at radius 3 is 3.00 bits per heavy atom. The van der Waals surface area contributed by atoms with E-state index >= 15 is 0 Å². The number of amides is 1. The molecule has 0 aromatic rings. The Hall–Kier alpha value is -1.12. The van der Waals surface area contributed by atoms with Crippen molar-refractivity contribution in [3.63, 3.8) is 0 Å². The van der Waals surface area contributed by atoms with Crippen molar-refractivity contribution in [2.75, 3.05) is 19.7 Å². The van der Waals surface area contributed by atoms with Crippen LogP contribution in [0.1, 0.15) is 20.3 Å². The molecular formula is C10H17N3O2. The molecule has 5 nitrogen and oxygen atoms in total. The van der Waals surface area contributed by atoms with Gasteiger partial charge in [0.2, 0.25) is 5.91 Å². The lowest BCUT2D eigenvalue weighted by Gasteiger charge is -2.35. The number of rotatable bonds is 2. The Balaban J connectivity index is 2.65. The SMILES string of the molecule is CCC(C)(N)C(=O)N1CCOC(C#N)C1. The summed E-state index contributed by atoms with van der Waals surface area (Å²) >= 11 is 0. The molecule has 0 spiro atoms. The van der Waals surface area contributed by atoms with E-state index in [0.717, 1.165) is 0 Å². The van der Waals surface area contributed by atoms with Crippen molar-refractivity contribution < 1.29 is 9.53 Å². The first-order chi connectivity index (χ1) is 7.01. The van der Waals surface area contributed by atoms with Gasteiger partial charge in [-0.1, -0.05) is 6.92 Å². The molecule has 0 aliphatic carbocycles. The summed E-state index contributed by atoms with van der Waals surface area (Å²) in [5.41, 5.74) is 5.03. The summed E-state index contributed by atoms with van der Waals surface area (Å²) < 4.78 is 5.16. The molecule has 2 unspecified atom stereocenters. The molecule has 1 saturated heterocycles. The highest BCUT2D eigenvalue weighted by atomic mass is 16.5. The van der Waals surface area contributed by atoms with Crippen molar-refractivity contribution in [1.82, 2.24) is 4.90 Å². The molecule has 15 heavy (non-hydrogen) atoms. The van der Waals surface area contributed by atoms with Crippen LogP contribution in [0, 0.1) is 11.3 Å². The zero-order valence-electron chi connectivity index (χ0n) is 9.19. The van der Waals surface area contributed by atoms with Crippen molar-refractivity contribution in [1.29, 1.82) is 5.26 Å². The second-order valence-corrected chi connectivity index (χ2v) is 4.01. The summed E-state index contributed by atoms with van der Waals surface area (Å²) in [5.74, 6) is -0.103. The molecule has 2 N–H and O–H groups in total. The van der Waals surface area contributed by atoms with Gasteiger partial charge in [-0.25, -0.2) is 0 Å². The maximum Gasteiger partial charge on any atom is 0.242 e. The van der Waals surface area contributed by atoms with Gasteiger partial charge in [0.25, 0.3) is 0 Å². The van der Waals surface area contributed by atoms with Gasteiger partial charge in [0, 0.05) is 6.54 Å². The quantitative estimate of drug-likeness (QED) is 0.689. The molecule has 1 aliphatic heterocycles. The van der Waals surface area contributed by atoms with Crippen molar-refractivity contribution in [2.24, 2.45) is 5.73 Å². The molecular weight excluding hydrogens is 194 g/mol. The van der Waals surface area contributed by atoms with Crippen LogP contribution >= 0.6 is 0 Å². The van der Waals surface area contributed by atoms with Crippen molar-refractivity contribution in [2.45, 2.75) is 31.9 Å². The van der Waals surface area contributed by atoms with E-state index in [2.05, 4.69) is 0 Å². The van der Waals surface area contributed by atoms with Crippen LogP contribution in [0.5, 0.6) is 0 Å². The second kappa shape index (κ2) is 4.60. The van der Waals surface area contributed by atoms with E-state index in [1.54, 1.807) is 11.8 Å². The van der Waals surface area contributed by atoms with E-state index in [0.29, 0.717) is 26.1 Å². The van der Waals surface area contributed by atoms with Crippen LogP contribution in [-0.2, 0) is 9.53 Å². The maximum absolute atomic E-state index is 11.9. The van der Waals surface area contributed by atoms with Crippen molar-refractivity contribution in [3.8, 4) is 6.07 Å². The molecule has 0 saturated carbocycles.